The maximum Gasteiger partial charge on any atom is 0.319 e. The minimum absolute atomic E-state index is 0.113. The number of anilines is 1. The third-order valence-electron chi connectivity index (χ3n) is 3.79. The van der Waals surface area contributed by atoms with Gasteiger partial charge in [0.1, 0.15) is 0 Å². The van der Waals surface area contributed by atoms with Gasteiger partial charge < -0.3 is 15.6 Å². The van der Waals surface area contributed by atoms with E-state index >= 15 is 0 Å². The lowest BCUT2D eigenvalue weighted by Gasteiger charge is -2.08. The summed E-state index contributed by atoms with van der Waals surface area (Å²) in [5, 5.41) is 6.49. The molecule has 0 radical (unpaired) electrons. The summed E-state index contributed by atoms with van der Waals surface area (Å²) in [5.74, 6) is 0. The van der Waals surface area contributed by atoms with Crippen LogP contribution in [0, 0.1) is 6.92 Å². The number of urea groups is 1. The second kappa shape index (κ2) is 7.00. The first-order valence-electron chi connectivity index (χ1n) is 7.84. The minimum Gasteiger partial charge on any atom is -0.338 e. The van der Waals surface area contributed by atoms with Crippen LogP contribution in [0.5, 0.6) is 0 Å². The van der Waals surface area contributed by atoms with Crippen LogP contribution >= 0.6 is 0 Å². The number of hydrogen-bond donors (Lipinski definition) is 3. The van der Waals surface area contributed by atoms with E-state index in [-0.39, 0.29) is 11.6 Å². The van der Waals surface area contributed by atoms with Gasteiger partial charge in [0.15, 0.2) is 0 Å². The number of carbonyl (C=O) groups is 1. The van der Waals surface area contributed by atoms with Crippen LogP contribution in [-0.4, -0.2) is 17.6 Å². The minimum atomic E-state index is -0.283. The van der Waals surface area contributed by atoms with E-state index in [4.69, 9.17) is 0 Å². The first-order chi connectivity index (χ1) is 11.6. The summed E-state index contributed by atoms with van der Waals surface area (Å²) in [6.07, 6.45) is 0.474. The molecule has 1 aromatic heterocycles. The van der Waals surface area contributed by atoms with Crippen molar-refractivity contribution in [3.05, 3.63) is 76.1 Å². The molecule has 3 rings (SSSR count). The van der Waals surface area contributed by atoms with E-state index in [2.05, 4.69) is 15.6 Å². The molecular formula is C19H19N3O2. The zero-order valence-electron chi connectivity index (χ0n) is 13.4. The average molecular weight is 321 g/mol. The molecule has 0 spiro atoms. The number of carbonyl (C=O) groups excluding carboxylic acids is 1. The molecular weight excluding hydrogens is 302 g/mol. The number of hydrogen-bond acceptors (Lipinski definition) is 2. The van der Waals surface area contributed by atoms with Gasteiger partial charge in [-0.2, -0.15) is 0 Å². The van der Waals surface area contributed by atoms with Gasteiger partial charge in [-0.15, -0.1) is 0 Å². The molecule has 0 saturated heterocycles. The van der Waals surface area contributed by atoms with Crippen LogP contribution in [0.15, 0.2) is 59.4 Å². The van der Waals surface area contributed by atoms with Gasteiger partial charge >= 0.3 is 6.03 Å². The summed E-state index contributed by atoms with van der Waals surface area (Å²) >= 11 is 0. The molecule has 122 valence electrons. The number of benzene rings is 2. The first kappa shape index (κ1) is 15.8. The van der Waals surface area contributed by atoms with Gasteiger partial charge in [0.25, 0.3) is 5.56 Å². The van der Waals surface area contributed by atoms with Crippen molar-refractivity contribution in [3.63, 3.8) is 0 Å². The standard InChI is InChI=1S/C19H19N3O2/c1-13-7-8-14-12-15(18(23)22-17(14)11-13)9-10-20-19(24)21-16-5-3-2-4-6-16/h2-8,11-12H,9-10H2,1H3,(H,22,23)(H2,20,21,24). The fraction of sp³-hybridized carbons (Fsp3) is 0.158. The van der Waals surface area contributed by atoms with Crippen LogP contribution in [0.2, 0.25) is 0 Å². The summed E-state index contributed by atoms with van der Waals surface area (Å²) in [7, 11) is 0. The highest BCUT2D eigenvalue weighted by Gasteiger charge is 2.05. The number of para-hydroxylation sites is 1. The molecule has 5 nitrogen and oxygen atoms in total. The Hall–Kier alpha value is -3.08. The number of aromatic amines is 1. The van der Waals surface area contributed by atoms with Gasteiger partial charge in [-0.05, 0) is 48.6 Å². The summed E-state index contributed by atoms with van der Waals surface area (Å²) < 4.78 is 0. The second-order valence-electron chi connectivity index (χ2n) is 5.71. The maximum absolute atomic E-state index is 12.1. The van der Waals surface area contributed by atoms with Crippen molar-refractivity contribution in [1.82, 2.24) is 10.3 Å². The Morgan fingerprint density at radius 2 is 1.88 bits per heavy atom. The van der Waals surface area contributed by atoms with E-state index in [1.54, 1.807) is 0 Å². The fourth-order valence-corrected chi connectivity index (χ4v) is 2.55. The predicted molar refractivity (Wildman–Crippen MR) is 96.5 cm³/mol. The van der Waals surface area contributed by atoms with Crippen molar-refractivity contribution >= 4 is 22.6 Å². The van der Waals surface area contributed by atoms with Gasteiger partial charge in [-0.1, -0.05) is 30.3 Å². The monoisotopic (exact) mass is 321 g/mol. The van der Waals surface area contributed by atoms with E-state index in [0.717, 1.165) is 22.2 Å². The number of nitrogens with one attached hydrogen (secondary N) is 3. The number of rotatable bonds is 4. The van der Waals surface area contributed by atoms with Gasteiger partial charge in [0, 0.05) is 23.3 Å². The van der Waals surface area contributed by atoms with E-state index in [1.165, 1.54) is 0 Å². The van der Waals surface area contributed by atoms with Crippen LogP contribution in [0.4, 0.5) is 10.5 Å². The Kier molecular flexibility index (Phi) is 4.61. The molecule has 0 unspecified atom stereocenters. The van der Waals surface area contributed by atoms with Gasteiger partial charge in [-0.3, -0.25) is 4.79 Å². The highest BCUT2D eigenvalue weighted by Crippen LogP contribution is 2.13. The quantitative estimate of drug-likeness (QED) is 0.690. The number of amides is 2. The summed E-state index contributed by atoms with van der Waals surface area (Å²) in [5.41, 5.74) is 3.21. The third-order valence-corrected chi connectivity index (χ3v) is 3.79. The van der Waals surface area contributed by atoms with E-state index in [9.17, 15) is 9.59 Å². The number of aromatic nitrogens is 1. The number of fused-ring (bicyclic) bond motifs is 1. The van der Waals surface area contributed by atoms with Crippen molar-refractivity contribution in [2.45, 2.75) is 13.3 Å². The Morgan fingerprint density at radius 1 is 1.08 bits per heavy atom. The van der Waals surface area contributed by atoms with Crippen LogP contribution < -0.4 is 16.2 Å². The highest BCUT2D eigenvalue weighted by atomic mass is 16.2. The lowest BCUT2D eigenvalue weighted by molar-refractivity contribution is 0.252. The topological polar surface area (TPSA) is 74.0 Å². The predicted octanol–water partition coefficient (Wildman–Crippen LogP) is 3.20. The van der Waals surface area contributed by atoms with Gasteiger partial charge in [0.05, 0.1) is 0 Å². The highest BCUT2D eigenvalue weighted by molar-refractivity contribution is 5.89. The Labute approximate surface area is 139 Å². The van der Waals surface area contributed by atoms with Crippen LogP contribution in [0.1, 0.15) is 11.1 Å². The molecule has 2 aromatic carbocycles. The van der Waals surface area contributed by atoms with E-state index in [1.807, 2.05) is 61.5 Å². The molecule has 0 bridgehead atoms. The number of aryl methyl sites for hydroxylation is 1. The lowest BCUT2D eigenvalue weighted by atomic mass is 10.1. The van der Waals surface area contributed by atoms with Crippen molar-refractivity contribution in [3.8, 4) is 0 Å². The van der Waals surface area contributed by atoms with Crippen molar-refractivity contribution in [2.75, 3.05) is 11.9 Å². The van der Waals surface area contributed by atoms with Gasteiger partial charge in [-0.25, -0.2) is 4.79 Å². The zero-order valence-corrected chi connectivity index (χ0v) is 13.4. The Balaban J connectivity index is 1.61. The SMILES string of the molecule is Cc1ccc2cc(CCNC(=O)Nc3ccccc3)c(=O)[nH]c2c1. The van der Waals surface area contributed by atoms with Crippen LogP contribution in [-0.2, 0) is 6.42 Å². The van der Waals surface area contributed by atoms with Gasteiger partial charge in [0.2, 0.25) is 0 Å². The molecule has 0 aliphatic carbocycles. The molecule has 2 amide bonds. The Bertz CT molecular complexity index is 917. The second-order valence-corrected chi connectivity index (χ2v) is 5.71. The third kappa shape index (κ3) is 3.81. The molecule has 0 fully saturated rings. The zero-order chi connectivity index (χ0) is 16.9. The summed E-state index contributed by atoms with van der Waals surface area (Å²) in [4.78, 5) is 26.8. The molecule has 3 N–H and O–H groups in total. The first-order valence-corrected chi connectivity index (χ1v) is 7.84. The van der Waals surface area contributed by atoms with E-state index in [0.29, 0.717) is 18.5 Å². The maximum atomic E-state index is 12.1. The average Bonchev–Trinajstić information content (AvgIpc) is 2.56. The van der Waals surface area contributed by atoms with E-state index < -0.39 is 0 Å². The lowest BCUT2D eigenvalue weighted by Crippen LogP contribution is -2.31. The van der Waals surface area contributed by atoms with Crippen molar-refractivity contribution < 1.29 is 4.79 Å². The van der Waals surface area contributed by atoms with Crippen molar-refractivity contribution in [1.29, 1.82) is 0 Å². The van der Waals surface area contributed by atoms with Crippen LogP contribution in [0.3, 0.4) is 0 Å². The molecule has 24 heavy (non-hydrogen) atoms. The molecule has 0 saturated carbocycles. The largest absolute Gasteiger partial charge is 0.338 e. The molecule has 1 heterocycles. The van der Waals surface area contributed by atoms with Crippen molar-refractivity contribution in [2.24, 2.45) is 0 Å². The summed E-state index contributed by atoms with van der Waals surface area (Å²) in [6, 6.07) is 16.8. The molecule has 5 heteroatoms. The van der Waals surface area contributed by atoms with Crippen LogP contribution in [0.25, 0.3) is 10.9 Å². The normalized spacial score (nSPS) is 10.5. The summed E-state index contributed by atoms with van der Waals surface area (Å²) in [6.45, 7) is 2.38. The molecule has 0 aliphatic heterocycles. The fourth-order valence-electron chi connectivity index (χ4n) is 2.55. The number of pyridine rings is 1. The molecule has 0 aliphatic rings. The number of H-pyrrole nitrogens is 1. The Morgan fingerprint density at radius 3 is 2.67 bits per heavy atom. The molecule has 0 atom stereocenters. The molecule has 3 aromatic rings. The smallest absolute Gasteiger partial charge is 0.319 e.